The molecule has 3 heteroatoms. The molecule has 0 amide bonds. The van der Waals surface area contributed by atoms with Crippen LogP contribution in [0.4, 0.5) is 0 Å². The van der Waals surface area contributed by atoms with Gasteiger partial charge in [0.1, 0.15) is 11.5 Å². The van der Waals surface area contributed by atoms with Crippen molar-refractivity contribution in [2.45, 2.75) is 111 Å². The Kier molecular flexibility index (Phi) is 5.86. The molecule has 4 aromatic rings. The lowest BCUT2D eigenvalue weighted by Gasteiger charge is -2.23. The summed E-state index contributed by atoms with van der Waals surface area (Å²) in [7, 11) is 0. The van der Waals surface area contributed by atoms with E-state index in [0.717, 1.165) is 35.3 Å². The Morgan fingerprint density at radius 1 is 0.941 bits per heavy atom. The maximum atomic E-state index is 5.31. The fourth-order valence-electron chi connectivity index (χ4n) is 6.11. The molecule has 0 fully saturated rings. The second-order valence-electron chi connectivity index (χ2n) is 12.3. The molecule has 1 aliphatic carbocycles. The molecular weight excluding hydrogens is 414 g/mol. The third-order valence-corrected chi connectivity index (χ3v) is 7.69. The van der Waals surface area contributed by atoms with Gasteiger partial charge in [0.25, 0.3) is 0 Å². The number of hydrogen-bond acceptors (Lipinski definition) is 2. The Morgan fingerprint density at radius 2 is 1.56 bits per heavy atom. The van der Waals surface area contributed by atoms with Crippen molar-refractivity contribution in [2.75, 3.05) is 0 Å². The summed E-state index contributed by atoms with van der Waals surface area (Å²) in [5.41, 5.74) is 8.90. The van der Waals surface area contributed by atoms with Crippen LogP contribution in [0.3, 0.4) is 0 Å². The predicted octanol–water partition coefficient (Wildman–Crippen LogP) is 8.83. The van der Waals surface area contributed by atoms with Gasteiger partial charge in [-0.05, 0) is 64.5 Å². The lowest BCUT2D eigenvalue weighted by Crippen LogP contribution is -2.19. The summed E-state index contributed by atoms with van der Waals surface area (Å²) in [6, 6.07) is 11.4. The Morgan fingerprint density at radius 3 is 2.15 bits per heavy atom. The van der Waals surface area contributed by atoms with Gasteiger partial charge in [0.15, 0.2) is 0 Å². The first-order valence-corrected chi connectivity index (χ1v) is 13.2. The van der Waals surface area contributed by atoms with E-state index in [-0.39, 0.29) is 16.2 Å². The molecule has 3 nitrogen and oxygen atoms in total. The summed E-state index contributed by atoms with van der Waals surface area (Å²) >= 11 is 0. The molecule has 0 N–H and O–H groups in total. The molecule has 1 atom stereocenters. The highest BCUT2D eigenvalue weighted by atomic mass is 15.1. The molecule has 2 heterocycles. The molecule has 2 aromatic carbocycles. The van der Waals surface area contributed by atoms with Crippen molar-refractivity contribution in [3.8, 4) is 0 Å². The van der Waals surface area contributed by atoms with Crippen molar-refractivity contribution in [2.24, 2.45) is 0 Å². The summed E-state index contributed by atoms with van der Waals surface area (Å²) < 4.78 is 2.37. The third kappa shape index (κ3) is 3.63. The average molecular weight is 458 g/mol. The Bertz CT molecular complexity index is 1380. The Hall–Kier alpha value is -2.42. The number of hydrogen-bond donors (Lipinski definition) is 0. The van der Waals surface area contributed by atoms with Gasteiger partial charge in [0.2, 0.25) is 0 Å². The van der Waals surface area contributed by atoms with Crippen LogP contribution >= 0.6 is 0 Å². The van der Waals surface area contributed by atoms with Crippen molar-refractivity contribution in [1.82, 2.24) is 14.4 Å². The van der Waals surface area contributed by atoms with Crippen molar-refractivity contribution >= 4 is 27.6 Å². The topological polar surface area (TPSA) is 30.2 Å². The first kappa shape index (κ1) is 24.7. The number of rotatable bonds is 2. The van der Waals surface area contributed by atoms with E-state index in [1.165, 1.54) is 27.6 Å². The van der Waals surface area contributed by atoms with Gasteiger partial charge in [-0.1, -0.05) is 88.3 Å². The van der Waals surface area contributed by atoms with Crippen LogP contribution in [-0.4, -0.2) is 14.4 Å². The first-order valence-electron chi connectivity index (χ1n) is 13.2. The van der Waals surface area contributed by atoms with Crippen LogP contribution in [0.1, 0.15) is 117 Å². The van der Waals surface area contributed by atoms with E-state index in [1.807, 2.05) is 13.8 Å². The molecule has 5 rings (SSSR count). The quantitative estimate of drug-likeness (QED) is 0.301. The van der Waals surface area contributed by atoms with Crippen molar-refractivity contribution in [3.63, 3.8) is 0 Å². The van der Waals surface area contributed by atoms with Gasteiger partial charge in [0, 0.05) is 10.8 Å². The zero-order valence-corrected chi connectivity index (χ0v) is 23.2. The first-order chi connectivity index (χ1) is 15.8. The summed E-state index contributed by atoms with van der Waals surface area (Å²) in [5.74, 6) is 1.55. The highest BCUT2D eigenvalue weighted by Crippen LogP contribution is 2.50. The zero-order chi connectivity index (χ0) is 25.2. The number of imidazole rings is 1. The van der Waals surface area contributed by atoms with Gasteiger partial charge in [-0.3, -0.25) is 4.40 Å². The SMILES string of the molecule is CC.CCC(C)c1cccc2nc(C(C)(C)C)n3c4cc5c(cc4nc3c12)C(C)(C)CC5(C)C. The van der Waals surface area contributed by atoms with E-state index in [1.54, 1.807) is 0 Å². The zero-order valence-electron chi connectivity index (χ0n) is 23.2. The van der Waals surface area contributed by atoms with Crippen molar-refractivity contribution in [3.05, 3.63) is 52.8 Å². The molecule has 0 spiro atoms. The van der Waals surface area contributed by atoms with E-state index < -0.39 is 0 Å². The molecular formula is C31H43N3. The van der Waals surface area contributed by atoms with Crippen LogP contribution in [-0.2, 0) is 16.2 Å². The van der Waals surface area contributed by atoms with Gasteiger partial charge in [-0.15, -0.1) is 0 Å². The van der Waals surface area contributed by atoms with E-state index in [4.69, 9.17) is 9.97 Å². The smallest absolute Gasteiger partial charge is 0.149 e. The second-order valence-corrected chi connectivity index (χ2v) is 12.3. The molecule has 0 radical (unpaired) electrons. The summed E-state index contributed by atoms with van der Waals surface area (Å²) in [4.78, 5) is 10.6. The second kappa shape index (κ2) is 8.07. The van der Waals surface area contributed by atoms with Crippen molar-refractivity contribution < 1.29 is 0 Å². The van der Waals surface area contributed by atoms with Crippen LogP contribution in [0.15, 0.2) is 30.3 Å². The van der Waals surface area contributed by atoms with Crippen LogP contribution in [0.5, 0.6) is 0 Å². The summed E-state index contributed by atoms with van der Waals surface area (Å²) in [5, 5.41) is 1.21. The van der Waals surface area contributed by atoms with Crippen LogP contribution in [0.25, 0.3) is 27.6 Å². The Labute approximate surface area is 206 Å². The number of fused-ring (bicyclic) bond motifs is 6. The summed E-state index contributed by atoms with van der Waals surface area (Å²) in [6.07, 6.45) is 2.26. The minimum absolute atomic E-state index is 0.0970. The van der Waals surface area contributed by atoms with Gasteiger partial charge >= 0.3 is 0 Å². The Balaban J connectivity index is 0.00000133. The normalized spacial score (nSPS) is 17.6. The fraction of sp³-hybridized carbons (Fsp3) is 0.548. The van der Waals surface area contributed by atoms with E-state index in [9.17, 15) is 0 Å². The standard InChI is InChI=1S/C29H37N3.C2H6/c1-10-17(2)18-12-11-13-21-24(18)25-30-22-14-19-20(29(8,9)16-28(19,6)7)15-23(22)32(25)26(31-21)27(3,4)5;1-2/h11-15,17H,10,16H2,1-9H3;1-2H3. The van der Waals surface area contributed by atoms with E-state index in [2.05, 4.69) is 97.0 Å². The van der Waals surface area contributed by atoms with Crippen LogP contribution in [0, 0.1) is 0 Å². The number of benzene rings is 2. The van der Waals surface area contributed by atoms with Gasteiger partial charge in [-0.2, -0.15) is 0 Å². The monoisotopic (exact) mass is 457 g/mol. The lowest BCUT2D eigenvalue weighted by molar-refractivity contribution is 0.403. The number of aromatic nitrogens is 3. The highest BCUT2D eigenvalue weighted by molar-refractivity contribution is 5.99. The van der Waals surface area contributed by atoms with Crippen LogP contribution < -0.4 is 0 Å². The minimum atomic E-state index is -0.0970. The lowest BCUT2D eigenvalue weighted by atomic mass is 9.82. The maximum Gasteiger partial charge on any atom is 0.149 e. The largest absolute Gasteiger partial charge is 0.279 e. The summed E-state index contributed by atoms with van der Waals surface area (Å²) in [6.45, 7) is 24.9. The fourth-order valence-corrected chi connectivity index (χ4v) is 6.11. The van der Waals surface area contributed by atoms with E-state index in [0.29, 0.717) is 5.92 Å². The predicted molar refractivity (Wildman–Crippen MR) is 147 cm³/mol. The highest BCUT2D eigenvalue weighted by Gasteiger charge is 2.42. The molecule has 34 heavy (non-hydrogen) atoms. The number of nitrogens with zero attached hydrogens (tertiary/aromatic N) is 3. The van der Waals surface area contributed by atoms with E-state index >= 15 is 0 Å². The minimum Gasteiger partial charge on any atom is -0.279 e. The van der Waals surface area contributed by atoms with Gasteiger partial charge in [-0.25, -0.2) is 9.97 Å². The molecule has 1 aliphatic rings. The third-order valence-electron chi connectivity index (χ3n) is 7.69. The molecule has 0 bridgehead atoms. The molecule has 2 aromatic heterocycles. The molecule has 0 aliphatic heterocycles. The molecule has 0 saturated heterocycles. The maximum absolute atomic E-state index is 5.31. The average Bonchev–Trinajstić information content (AvgIpc) is 3.23. The van der Waals surface area contributed by atoms with Gasteiger partial charge < -0.3 is 0 Å². The molecule has 1 unspecified atom stereocenters. The van der Waals surface area contributed by atoms with Crippen molar-refractivity contribution in [1.29, 1.82) is 0 Å². The van der Waals surface area contributed by atoms with Crippen LogP contribution in [0.2, 0.25) is 0 Å². The van der Waals surface area contributed by atoms with Gasteiger partial charge in [0.05, 0.1) is 16.6 Å². The molecule has 182 valence electrons. The molecule has 0 saturated carbocycles.